The number of hydrogen-bond donors (Lipinski definition) is 1. The lowest BCUT2D eigenvalue weighted by Crippen LogP contribution is -2.05. The van der Waals surface area contributed by atoms with Crippen LogP contribution in [0.2, 0.25) is 0 Å². The van der Waals surface area contributed by atoms with Gasteiger partial charge in [0.1, 0.15) is 17.4 Å². The van der Waals surface area contributed by atoms with Crippen LogP contribution >= 0.6 is 0 Å². The van der Waals surface area contributed by atoms with Crippen LogP contribution in [-0.2, 0) is 12.8 Å². The van der Waals surface area contributed by atoms with Gasteiger partial charge in [0.15, 0.2) is 0 Å². The van der Waals surface area contributed by atoms with Crippen molar-refractivity contribution in [2.24, 2.45) is 0 Å². The molecule has 0 radical (unpaired) electrons. The Bertz CT molecular complexity index is 635. The van der Waals surface area contributed by atoms with E-state index >= 15 is 0 Å². The zero-order valence-electron chi connectivity index (χ0n) is 11.5. The van der Waals surface area contributed by atoms with Crippen molar-refractivity contribution in [3.05, 3.63) is 64.7 Å². The summed E-state index contributed by atoms with van der Waals surface area (Å²) in [6.07, 6.45) is 0.573. The van der Waals surface area contributed by atoms with Crippen molar-refractivity contribution in [1.82, 2.24) is 0 Å². The Morgan fingerprint density at radius 1 is 1.14 bits per heavy atom. The van der Waals surface area contributed by atoms with Crippen molar-refractivity contribution >= 4 is 0 Å². The summed E-state index contributed by atoms with van der Waals surface area (Å²) >= 11 is 0. The summed E-state index contributed by atoms with van der Waals surface area (Å²) in [5.41, 5.74) is 1.94. The van der Waals surface area contributed by atoms with Crippen molar-refractivity contribution in [3.63, 3.8) is 0 Å². The van der Waals surface area contributed by atoms with Gasteiger partial charge in [0.2, 0.25) is 0 Å². The quantitative estimate of drug-likeness (QED) is 0.933. The number of hydrogen-bond acceptors (Lipinski definition) is 2. The molecular weight excluding hydrogens is 274 g/mol. The number of aliphatic hydroxyl groups excluding tert-OH is 1. The maximum absolute atomic E-state index is 13.6. The molecule has 0 saturated carbocycles. The molecule has 4 heteroatoms. The third kappa shape index (κ3) is 2.90. The topological polar surface area (TPSA) is 29.5 Å². The van der Waals surface area contributed by atoms with E-state index in [-0.39, 0.29) is 12.0 Å². The largest absolute Gasteiger partial charge is 0.493 e. The van der Waals surface area contributed by atoms with E-state index < -0.39 is 17.7 Å². The molecule has 3 rings (SSSR count). The molecule has 110 valence electrons. The van der Waals surface area contributed by atoms with Crippen LogP contribution in [0.5, 0.6) is 5.75 Å². The van der Waals surface area contributed by atoms with Gasteiger partial charge in [-0.05, 0) is 42.2 Å². The van der Waals surface area contributed by atoms with Crippen molar-refractivity contribution in [2.75, 3.05) is 6.61 Å². The first kappa shape index (κ1) is 14.0. The maximum atomic E-state index is 13.6. The summed E-state index contributed by atoms with van der Waals surface area (Å²) in [4.78, 5) is 0. The predicted octanol–water partition coefficient (Wildman–Crippen LogP) is 3.57. The van der Waals surface area contributed by atoms with Crippen molar-refractivity contribution in [1.29, 1.82) is 0 Å². The molecule has 0 amide bonds. The third-order valence-corrected chi connectivity index (χ3v) is 3.79. The smallest absolute Gasteiger partial charge is 0.131 e. The summed E-state index contributed by atoms with van der Waals surface area (Å²) < 4.78 is 32.6. The second-order valence-corrected chi connectivity index (χ2v) is 5.23. The lowest BCUT2D eigenvalue weighted by molar-refractivity contribution is 0.158. The molecule has 2 aromatic carbocycles. The van der Waals surface area contributed by atoms with Gasteiger partial charge in [-0.1, -0.05) is 18.2 Å². The average molecular weight is 290 g/mol. The Balaban J connectivity index is 1.70. The highest BCUT2D eigenvalue weighted by Gasteiger charge is 2.18. The Kier molecular flexibility index (Phi) is 3.88. The second-order valence-electron chi connectivity index (χ2n) is 5.23. The highest BCUT2D eigenvalue weighted by atomic mass is 19.1. The van der Waals surface area contributed by atoms with Gasteiger partial charge in [-0.15, -0.1) is 0 Å². The minimum Gasteiger partial charge on any atom is -0.493 e. The molecule has 1 aliphatic rings. The molecule has 1 aliphatic heterocycles. The van der Waals surface area contributed by atoms with Gasteiger partial charge >= 0.3 is 0 Å². The van der Waals surface area contributed by atoms with Gasteiger partial charge in [0.25, 0.3) is 0 Å². The molecule has 0 spiro atoms. The lowest BCUT2D eigenvalue weighted by atomic mass is 9.99. The maximum Gasteiger partial charge on any atom is 0.131 e. The summed E-state index contributed by atoms with van der Waals surface area (Å²) in [6, 6.07) is 9.49. The molecule has 1 atom stereocenters. The highest BCUT2D eigenvalue weighted by molar-refractivity contribution is 5.39. The number of fused-ring (bicyclic) bond motifs is 1. The minimum atomic E-state index is -1.14. The molecule has 1 unspecified atom stereocenters. The summed E-state index contributed by atoms with van der Waals surface area (Å²) in [6.45, 7) is 0.696. The summed E-state index contributed by atoms with van der Waals surface area (Å²) in [7, 11) is 0. The van der Waals surface area contributed by atoms with Crippen LogP contribution in [0.15, 0.2) is 36.4 Å². The number of aliphatic hydroxyl groups is 1. The van der Waals surface area contributed by atoms with E-state index in [0.29, 0.717) is 13.0 Å². The van der Waals surface area contributed by atoms with Crippen LogP contribution in [0.4, 0.5) is 8.78 Å². The van der Waals surface area contributed by atoms with Crippen molar-refractivity contribution < 1.29 is 18.6 Å². The zero-order valence-corrected chi connectivity index (χ0v) is 11.5. The number of benzene rings is 2. The van der Waals surface area contributed by atoms with Crippen LogP contribution < -0.4 is 4.74 Å². The molecule has 1 N–H and O–H groups in total. The first-order valence-electron chi connectivity index (χ1n) is 7.02. The zero-order chi connectivity index (χ0) is 14.8. The molecule has 0 saturated heterocycles. The Morgan fingerprint density at radius 2 is 1.90 bits per heavy atom. The van der Waals surface area contributed by atoms with Crippen molar-refractivity contribution in [2.45, 2.75) is 25.4 Å². The molecule has 21 heavy (non-hydrogen) atoms. The summed E-state index contributed by atoms with van der Waals surface area (Å²) in [5, 5.41) is 10.0. The van der Waals surface area contributed by atoms with E-state index in [9.17, 15) is 13.9 Å². The van der Waals surface area contributed by atoms with Crippen molar-refractivity contribution in [3.8, 4) is 5.75 Å². The van der Waals surface area contributed by atoms with Gasteiger partial charge in [0, 0.05) is 6.42 Å². The Morgan fingerprint density at radius 3 is 2.67 bits per heavy atom. The first-order valence-corrected chi connectivity index (χ1v) is 7.02. The average Bonchev–Trinajstić information content (AvgIpc) is 2.92. The second kappa shape index (κ2) is 5.82. The standard InChI is InChI=1S/C17H16F2O2/c18-13-2-1-3-14(19)17(13)15(20)6-4-11-5-7-16-12(10-11)8-9-21-16/h1-3,5,7,10,15,20H,4,6,8-9H2. The molecule has 1 heterocycles. The van der Waals surface area contributed by atoms with Crippen LogP contribution in [0.1, 0.15) is 29.2 Å². The number of rotatable bonds is 4. The number of halogens is 2. The molecule has 0 aromatic heterocycles. The highest BCUT2D eigenvalue weighted by Crippen LogP contribution is 2.28. The molecule has 0 aliphatic carbocycles. The fraction of sp³-hybridized carbons (Fsp3) is 0.294. The number of ether oxygens (including phenoxy) is 1. The normalized spacial score (nSPS) is 14.6. The monoisotopic (exact) mass is 290 g/mol. The van der Waals surface area contributed by atoms with Crippen LogP contribution in [0.25, 0.3) is 0 Å². The van der Waals surface area contributed by atoms with Crippen LogP contribution in [0, 0.1) is 11.6 Å². The fourth-order valence-electron chi connectivity index (χ4n) is 2.67. The Labute approximate surface area is 122 Å². The van der Waals surface area contributed by atoms with Gasteiger partial charge < -0.3 is 9.84 Å². The molecule has 0 bridgehead atoms. The fourth-order valence-corrected chi connectivity index (χ4v) is 2.67. The minimum absolute atomic E-state index is 0.248. The van der Waals surface area contributed by atoms with Crippen LogP contribution in [0.3, 0.4) is 0 Å². The first-order chi connectivity index (χ1) is 10.1. The molecule has 0 fully saturated rings. The molecule has 2 aromatic rings. The van der Waals surface area contributed by atoms with E-state index in [1.807, 2.05) is 18.2 Å². The van der Waals surface area contributed by atoms with Crippen LogP contribution in [-0.4, -0.2) is 11.7 Å². The van der Waals surface area contributed by atoms with Gasteiger partial charge in [-0.2, -0.15) is 0 Å². The van der Waals surface area contributed by atoms with Gasteiger partial charge in [-0.25, -0.2) is 8.78 Å². The van der Waals surface area contributed by atoms with Gasteiger partial charge in [-0.3, -0.25) is 0 Å². The van der Waals surface area contributed by atoms with Gasteiger partial charge in [0.05, 0.1) is 18.3 Å². The van der Waals surface area contributed by atoms with E-state index in [0.717, 1.165) is 35.4 Å². The van der Waals surface area contributed by atoms with E-state index in [4.69, 9.17) is 4.74 Å². The molecular formula is C17H16F2O2. The third-order valence-electron chi connectivity index (χ3n) is 3.79. The SMILES string of the molecule is OC(CCc1ccc2c(c1)CCO2)c1c(F)cccc1F. The Hall–Kier alpha value is -1.94. The summed E-state index contributed by atoms with van der Waals surface area (Å²) in [5.74, 6) is -0.505. The van der Waals surface area contributed by atoms with E-state index in [2.05, 4.69) is 0 Å². The lowest BCUT2D eigenvalue weighted by Gasteiger charge is -2.13. The van der Waals surface area contributed by atoms with E-state index in [1.165, 1.54) is 6.07 Å². The molecule has 2 nitrogen and oxygen atoms in total. The number of aryl methyl sites for hydroxylation is 1. The predicted molar refractivity (Wildman–Crippen MR) is 75.3 cm³/mol. The van der Waals surface area contributed by atoms with E-state index in [1.54, 1.807) is 0 Å².